The summed E-state index contributed by atoms with van der Waals surface area (Å²) in [5.74, 6) is -0.00998. The van der Waals surface area contributed by atoms with Gasteiger partial charge in [-0.1, -0.05) is 0 Å². The molecule has 1 saturated carbocycles. The predicted octanol–water partition coefficient (Wildman–Crippen LogP) is 1.81. The molecule has 1 aromatic rings. The summed E-state index contributed by atoms with van der Waals surface area (Å²) in [5, 5.41) is 3.08. The lowest BCUT2D eigenvalue weighted by Crippen LogP contribution is -2.53. The van der Waals surface area contributed by atoms with Gasteiger partial charge in [0.1, 0.15) is 5.69 Å². The standard InChI is InChI=1S/C13H19N3OS/c1-9-6-12(15-18-9)13(17)14-10-7-11(8-10)16-4-2-3-5-16/h6,10-11H,2-5,7-8H2,1H3,(H,14,17). The number of likely N-dealkylation sites (tertiary alicyclic amines) is 1. The fourth-order valence-electron chi connectivity index (χ4n) is 2.84. The van der Waals surface area contributed by atoms with Crippen molar-refractivity contribution in [3.05, 3.63) is 16.6 Å². The lowest BCUT2D eigenvalue weighted by molar-refractivity contribution is 0.0816. The van der Waals surface area contributed by atoms with Crippen LogP contribution in [0.3, 0.4) is 0 Å². The molecule has 0 aromatic carbocycles. The molecule has 1 amide bonds. The molecular formula is C13H19N3OS. The first-order valence-electron chi connectivity index (χ1n) is 6.70. The van der Waals surface area contributed by atoms with Crippen LogP contribution >= 0.6 is 11.5 Å². The Balaban J connectivity index is 1.46. The Morgan fingerprint density at radius 3 is 2.78 bits per heavy atom. The molecule has 5 heteroatoms. The number of nitrogens with zero attached hydrogens (tertiary/aromatic N) is 2. The summed E-state index contributed by atoms with van der Waals surface area (Å²) in [7, 11) is 0. The third-order valence-electron chi connectivity index (χ3n) is 3.97. The molecule has 18 heavy (non-hydrogen) atoms. The monoisotopic (exact) mass is 265 g/mol. The normalized spacial score (nSPS) is 28.1. The summed E-state index contributed by atoms with van der Waals surface area (Å²) < 4.78 is 4.14. The second-order valence-corrected chi connectivity index (χ2v) is 6.37. The minimum Gasteiger partial charge on any atom is -0.348 e. The Bertz CT molecular complexity index is 433. The summed E-state index contributed by atoms with van der Waals surface area (Å²) in [6.45, 7) is 4.47. The molecule has 1 N–H and O–H groups in total. The quantitative estimate of drug-likeness (QED) is 0.906. The van der Waals surface area contributed by atoms with Gasteiger partial charge in [0.25, 0.3) is 5.91 Å². The highest BCUT2D eigenvalue weighted by molar-refractivity contribution is 7.05. The minimum absolute atomic E-state index is 0.00998. The number of carbonyl (C=O) groups is 1. The van der Waals surface area contributed by atoms with Crippen molar-refractivity contribution in [2.45, 2.75) is 44.7 Å². The highest BCUT2D eigenvalue weighted by Crippen LogP contribution is 2.28. The molecule has 2 aliphatic rings. The van der Waals surface area contributed by atoms with Gasteiger partial charge in [-0.3, -0.25) is 4.79 Å². The molecule has 0 atom stereocenters. The van der Waals surface area contributed by atoms with Crippen LogP contribution in [-0.2, 0) is 0 Å². The number of carbonyl (C=O) groups excluding carboxylic acids is 1. The zero-order chi connectivity index (χ0) is 12.5. The summed E-state index contributed by atoms with van der Waals surface area (Å²) in [5.41, 5.74) is 0.571. The van der Waals surface area contributed by atoms with E-state index in [1.54, 1.807) is 0 Å². The zero-order valence-electron chi connectivity index (χ0n) is 10.7. The highest BCUT2D eigenvalue weighted by atomic mass is 32.1. The Morgan fingerprint density at radius 1 is 1.44 bits per heavy atom. The van der Waals surface area contributed by atoms with Crippen molar-refractivity contribution in [3.63, 3.8) is 0 Å². The number of rotatable bonds is 3. The number of aromatic nitrogens is 1. The molecule has 2 heterocycles. The van der Waals surface area contributed by atoms with Crippen molar-refractivity contribution in [3.8, 4) is 0 Å². The van der Waals surface area contributed by atoms with Gasteiger partial charge in [-0.05, 0) is 63.3 Å². The summed E-state index contributed by atoms with van der Waals surface area (Å²) in [6, 6.07) is 2.91. The number of hydrogen-bond acceptors (Lipinski definition) is 4. The van der Waals surface area contributed by atoms with E-state index in [1.807, 2.05) is 13.0 Å². The molecule has 0 unspecified atom stereocenters. The van der Waals surface area contributed by atoms with Crippen molar-refractivity contribution < 1.29 is 4.79 Å². The molecule has 1 aromatic heterocycles. The molecular weight excluding hydrogens is 246 g/mol. The lowest BCUT2D eigenvalue weighted by Gasteiger charge is -2.41. The van der Waals surface area contributed by atoms with E-state index in [-0.39, 0.29) is 5.91 Å². The number of nitrogens with one attached hydrogen (secondary N) is 1. The van der Waals surface area contributed by atoms with Crippen LogP contribution in [0.4, 0.5) is 0 Å². The van der Waals surface area contributed by atoms with Crippen molar-refractivity contribution in [1.82, 2.24) is 14.6 Å². The Labute approximate surface area is 112 Å². The van der Waals surface area contributed by atoms with Crippen LogP contribution in [0.5, 0.6) is 0 Å². The molecule has 3 rings (SSSR count). The lowest BCUT2D eigenvalue weighted by atomic mass is 9.85. The van der Waals surface area contributed by atoms with E-state index >= 15 is 0 Å². The topological polar surface area (TPSA) is 45.2 Å². The Morgan fingerprint density at radius 2 is 2.17 bits per heavy atom. The predicted molar refractivity (Wildman–Crippen MR) is 71.9 cm³/mol. The maximum Gasteiger partial charge on any atom is 0.271 e. The third kappa shape index (κ3) is 2.42. The molecule has 1 aliphatic heterocycles. The third-order valence-corrected chi connectivity index (χ3v) is 4.66. The van der Waals surface area contributed by atoms with Gasteiger partial charge >= 0.3 is 0 Å². The fraction of sp³-hybridized carbons (Fsp3) is 0.692. The van der Waals surface area contributed by atoms with Crippen LogP contribution in [0.25, 0.3) is 0 Å². The minimum atomic E-state index is -0.00998. The molecule has 0 radical (unpaired) electrons. The summed E-state index contributed by atoms with van der Waals surface area (Å²) >= 11 is 1.39. The van der Waals surface area contributed by atoms with Gasteiger partial charge in [-0.25, -0.2) is 0 Å². The van der Waals surface area contributed by atoms with E-state index in [1.165, 1.54) is 37.5 Å². The van der Waals surface area contributed by atoms with Gasteiger partial charge in [0.05, 0.1) is 0 Å². The van der Waals surface area contributed by atoms with Crippen LogP contribution in [0.1, 0.15) is 41.0 Å². The van der Waals surface area contributed by atoms with E-state index in [4.69, 9.17) is 0 Å². The van der Waals surface area contributed by atoms with Crippen molar-refractivity contribution in [2.24, 2.45) is 0 Å². The van der Waals surface area contributed by atoms with E-state index in [9.17, 15) is 4.79 Å². The Hall–Kier alpha value is -0.940. The first-order chi connectivity index (χ1) is 8.72. The number of aryl methyl sites for hydroxylation is 1. The van der Waals surface area contributed by atoms with Gasteiger partial charge in [-0.2, -0.15) is 4.37 Å². The van der Waals surface area contributed by atoms with Gasteiger partial charge in [0.2, 0.25) is 0 Å². The smallest absolute Gasteiger partial charge is 0.271 e. The molecule has 4 nitrogen and oxygen atoms in total. The maximum absolute atomic E-state index is 11.9. The van der Waals surface area contributed by atoms with E-state index in [2.05, 4.69) is 14.6 Å². The molecule has 0 spiro atoms. The number of amides is 1. The first kappa shape index (κ1) is 12.1. The SMILES string of the molecule is Cc1cc(C(=O)NC2CC(N3CCCC3)C2)ns1. The molecule has 0 bridgehead atoms. The van der Waals surface area contributed by atoms with Gasteiger partial charge in [0, 0.05) is 17.0 Å². The van der Waals surface area contributed by atoms with Crippen LogP contribution in [-0.4, -0.2) is 40.4 Å². The molecule has 98 valence electrons. The molecule has 2 fully saturated rings. The van der Waals surface area contributed by atoms with Crippen LogP contribution in [0.2, 0.25) is 0 Å². The highest BCUT2D eigenvalue weighted by Gasteiger charge is 2.35. The summed E-state index contributed by atoms with van der Waals surface area (Å²) in [4.78, 5) is 15.6. The average Bonchev–Trinajstić information content (AvgIpc) is 2.93. The van der Waals surface area contributed by atoms with Crippen LogP contribution in [0.15, 0.2) is 6.07 Å². The van der Waals surface area contributed by atoms with Crippen molar-refractivity contribution in [1.29, 1.82) is 0 Å². The van der Waals surface area contributed by atoms with Crippen LogP contribution in [0, 0.1) is 6.92 Å². The zero-order valence-corrected chi connectivity index (χ0v) is 11.5. The maximum atomic E-state index is 11.9. The van der Waals surface area contributed by atoms with Gasteiger partial charge < -0.3 is 10.2 Å². The second kappa shape index (κ2) is 4.97. The second-order valence-electron chi connectivity index (χ2n) is 5.36. The molecule has 1 aliphatic carbocycles. The number of hydrogen-bond donors (Lipinski definition) is 1. The Kier molecular flexibility index (Phi) is 3.35. The van der Waals surface area contributed by atoms with Crippen molar-refractivity contribution in [2.75, 3.05) is 13.1 Å². The van der Waals surface area contributed by atoms with E-state index in [0.717, 1.165) is 17.7 Å². The first-order valence-corrected chi connectivity index (χ1v) is 7.48. The fourth-order valence-corrected chi connectivity index (χ4v) is 3.39. The van der Waals surface area contributed by atoms with Crippen molar-refractivity contribution >= 4 is 17.4 Å². The average molecular weight is 265 g/mol. The molecule has 1 saturated heterocycles. The van der Waals surface area contributed by atoms with E-state index in [0.29, 0.717) is 17.8 Å². The van der Waals surface area contributed by atoms with Gasteiger partial charge in [0.15, 0.2) is 0 Å². The van der Waals surface area contributed by atoms with Crippen LogP contribution < -0.4 is 5.32 Å². The summed E-state index contributed by atoms with van der Waals surface area (Å²) in [6.07, 6.45) is 4.89. The largest absolute Gasteiger partial charge is 0.348 e. The van der Waals surface area contributed by atoms with E-state index < -0.39 is 0 Å². The van der Waals surface area contributed by atoms with Gasteiger partial charge in [-0.15, -0.1) is 0 Å².